The van der Waals surface area contributed by atoms with Crippen LogP contribution in [0.3, 0.4) is 0 Å². The number of rotatable bonds is 5. The molecule has 1 fully saturated rings. The molecule has 0 radical (unpaired) electrons. The molecule has 1 saturated heterocycles. The second kappa shape index (κ2) is 8.48. The smallest absolute Gasteiger partial charge is 0.387 e. The van der Waals surface area contributed by atoms with Gasteiger partial charge in [-0.15, -0.1) is 0 Å². The molecule has 0 N–H and O–H groups in total. The lowest BCUT2D eigenvalue weighted by Gasteiger charge is -2.21. The Kier molecular flexibility index (Phi) is 5.64. The number of carbonyl (C=O) groups is 1. The van der Waals surface area contributed by atoms with E-state index in [-0.39, 0.29) is 59.0 Å². The van der Waals surface area contributed by atoms with Gasteiger partial charge in [-0.05, 0) is 24.6 Å². The molecule has 33 heavy (non-hydrogen) atoms. The highest BCUT2D eigenvalue weighted by molar-refractivity contribution is 9.10. The number of benzene rings is 1. The van der Waals surface area contributed by atoms with Gasteiger partial charge >= 0.3 is 6.61 Å². The van der Waals surface area contributed by atoms with E-state index in [9.17, 15) is 22.4 Å². The van der Waals surface area contributed by atoms with Gasteiger partial charge < -0.3 is 14.1 Å². The van der Waals surface area contributed by atoms with Crippen molar-refractivity contribution in [3.63, 3.8) is 0 Å². The zero-order chi connectivity index (χ0) is 23.3. The van der Waals surface area contributed by atoms with Crippen LogP contribution in [0, 0.1) is 17.6 Å². The minimum atomic E-state index is -2.99. The number of amides is 1. The number of furan rings is 1. The maximum atomic E-state index is 14.3. The first-order chi connectivity index (χ1) is 15.8. The van der Waals surface area contributed by atoms with Crippen LogP contribution in [0.4, 0.5) is 17.6 Å². The summed E-state index contributed by atoms with van der Waals surface area (Å²) in [6.07, 6.45) is 3.82. The highest BCUT2D eigenvalue weighted by Gasteiger charge is 2.35. The largest absolute Gasteiger partial charge is 0.451 e. The Bertz CT molecular complexity index is 1370. The highest BCUT2D eigenvalue weighted by atomic mass is 79.9. The molecule has 1 aliphatic heterocycles. The SMILES string of the molecule is O=C1CC(C2=c3c(oc4cnccc34)=C(OC(F)F)CC2)CN1Cc1c(F)cc(Br)cc1F. The van der Waals surface area contributed by atoms with Crippen molar-refractivity contribution in [1.29, 1.82) is 0 Å². The van der Waals surface area contributed by atoms with Crippen LogP contribution < -0.4 is 10.6 Å². The fourth-order valence-electron chi connectivity index (χ4n) is 4.65. The molecule has 0 saturated carbocycles. The molecular weight excluding hydrogens is 508 g/mol. The van der Waals surface area contributed by atoms with Gasteiger partial charge in [0.1, 0.15) is 17.4 Å². The van der Waals surface area contributed by atoms with Crippen molar-refractivity contribution in [1.82, 2.24) is 9.88 Å². The number of likely N-dealkylation sites (tertiary alicyclic amines) is 1. The number of nitrogens with zero attached hydrogens (tertiary/aromatic N) is 2. The van der Waals surface area contributed by atoms with E-state index in [1.165, 1.54) is 11.1 Å². The summed E-state index contributed by atoms with van der Waals surface area (Å²) in [5, 5.41) is 1.33. The molecule has 2 aliphatic rings. The number of hydrogen-bond donors (Lipinski definition) is 0. The summed E-state index contributed by atoms with van der Waals surface area (Å²) < 4.78 is 65.3. The average molecular weight is 525 g/mol. The first-order valence-electron chi connectivity index (χ1n) is 10.3. The van der Waals surface area contributed by atoms with Crippen molar-refractivity contribution in [2.75, 3.05) is 6.54 Å². The predicted octanol–water partition coefficient (Wildman–Crippen LogP) is 4.21. The summed E-state index contributed by atoms with van der Waals surface area (Å²) in [5.74, 6) is -1.89. The van der Waals surface area contributed by atoms with Gasteiger partial charge in [0.25, 0.3) is 0 Å². The van der Waals surface area contributed by atoms with Gasteiger partial charge in [0.2, 0.25) is 5.91 Å². The summed E-state index contributed by atoms with van der Waals surface area (Å²) in [6.45, 7) is -2.92. The van der Waals surface area contributed by atoms with Crippen LogP contribution in [0.15, 0.2) is 39.5 Å². The topological polar surface area (TPSA) is 55.6 Å². The molecule has 1 aliphatic carbocycles. The second-order valence-corrected chi connectivity index (χ2v) is 8.94. The van der Waals surface area contributed by atoms with Gasteiger partial charge in [-0.25, -0.2) is 8.78 Å². The lowest BCUT2D eigenvalue weighted by molar-refractivity contribution is -0.128. The summed E-state index contributed by atoms with van der Waals surface area (Å²) in [7, 11) is 0. The Labute approximate surface area is 193 Å². The van der Waals surface area contributed by atoms with Gasteiger partial charge in [-0.3, -0.25) is 9.78 Å². The molecule has 1 atom stereocenters. The van der Waals surface area contributed by atoms with E-state index < -0.39 is 18.2 Å². The van der Waals surface area contributed by atoms with E-state index in [4.69, 9.17) is 9.15 Å². The number of carbonyl (C=O) groups excluding carboxylic acids is 1. The van der Waals surface area contributed by atoms with Gasteiger partial charge in [0, 0.05) is 52.1 Å². The van der Waals surface area contributed by atoms with Gasteiger partial charge in [-0.1, -0.05) is 21.5 Å². The standard InChI is InChI=1S/C23H17BrF4N2O3/c24-12-6-16(25)15(17(26)7-12)10-30-9-11(5-20(30)31)13-1-2-18(33-23(27)28)22-21(13)14-3-4-29-8-19(14)32-22/h3-4,6-8,11,23H,1-2,5,9-10H2. The minimum absolute atomic E-state index is 0.0557. The zero-order valence-electron chi connectivity index (χ0n) is 17.1. The van der Waals surface area contributed by atoms with Crippen LogP contribution in [0.5, 0.6) is 0 Å². The van der Waals surface area contributed by atoms with Crippen molar-refractivity contribution in [3.8, 4) is 0 Å². The summed E-state index contributed by atoms with van der Waals surface area (Å²) >= 11 is 3.05. The van der Waals surface area contributed by atoms with E-state index in [0.29, 0.717) is 22.6 Å². The predicted molar refractivity (Wildman–Crippen MR) is 114 cm³/mol. The lowest BCUT2D eigenvalue weighted by Crippen LogP contribution is -2.33. The van der Waals surface area contributed by atoms with Crippen LogP contribution in [-0.2, 0) is 16.1 Å². The molecule has 0 bridgehead atoms. The van der Waals surface area contributed by atoms with Gasteiger partial charge in [0.05, 0.1) is 12.7 Å². The Hall–Kier alpha value is -2.88. The fraction of sp³-hybridized carbons (Fsp3) is 0.304. The third-order valence-corrected chi connectivity index (χ3v) is 6.54. The molecule has 5 rings (SSSR count). The summed E-state index contributed by atoms with van der Waals surface area (Å²) in [5.41, 5.74) is 1.35. The molecule has 10 heteroatoms. The third-order valence-electron chi connectivity index (χ3n) is 6.08. The molecule has 172 valence electrons. The number of halogens is 5. The molecule has 5 nitrogen and oxygen atoms in total. The Morgan fingerprint density at radius 2 is 2.00 bits per heavy atom. The quantitative estimate of drug-likeness (QED) is 0.469. The monoisotopic (exact) mass is 524 g/mol. The Morgan fingerprint density at radius 3 is 2.73 bits per heavy atom. The molecule has 1 aromatic carbocycles. The summed E-state index contributed by atoms with van der Waals surface area (Å²) in [6, 6.07) is 4.04. The van der Waals surface area contributed by atoms with Crippen LogP contribution >= 0.6 is 15.9 Å². The number of aromatic nitrogens is 1. The lowest BCUT2D eigenvalue weighted by atomic mass is 9.89. The fourth-order valence-corrected chi connectivity index (χ4v) is 5.06. The molecule has 2 aromatic heterocycles. The third kappa shape index (κ3) is 4.01. The van der Waals surface area contributed by atoms with Crippen molar-refractivity contribution >= 4 is 44.1 Å². The minimum Gasteiger partial charge on any atom is -0.451 e. The Morgan fingerprint density at radius 1 is 1.24 bits per heavy atom. The van der Waals surface area contributed by atoms with Crippen LogP contribution in [0.25, 0.3) is 22.3 Å². The van der Waals surface area contributed by atoms with E-state index >= 15 is 0 Å². The van der Waals surface area contributed by atoms with Crippen molar-refractivity contribution < 1.29 is 31.5 Å². The number of hydrogen-bond acceptors (Lipinski definition) is 4. The van der Waals surface area contributed by atoms with Crippen molar-refractivity contribution in [2.45, 2.75) is 32.4 Å². The van der Waals surface area contributed by atoms with Crippen LogP contribution in [0.1, 0.15) is 24.8 Å². The Balaban J connectivity index is 1.55. The average Bonchev–Trinajstić information content (AvgIpc) is 3.32. The maximum Gasteiger partial charge on any atom is 0.387 e. The molecule has 3 aromatic rings. The van der Waals surface area contributed by atoms with Crippen molar-refractivity contribution in [2.24, 2.45) is 5.92 Å². The van der Waals surface area contributed by atoms with Crippen molar-refractivity contribution in [3.05, 3.63) is 62.9 Å². The first-order valence-corrected chi connectivity index (χ1v) is 11.1. The number of fused-ring (bicyclic) bond motifs is 3. The second-order valence-electron chi connectivity index (χ2n) is 8.03. The van der Waals surface area contributed by atoms with Gasteiger partial charge in [0.15, 0.2) is 11.0 Å². The molecular formula is C23H17BrF4N2O3. The number of alkyl halides is 2. The normalized spacial score (nSPS) is 18.5. The molecule has 0 spiro atoms. The van der Waals surface area contributed by atoms with Crippen LogP contribution in [-0.4, -0.2) is 28.9 Å². The van der Waals surface area contributed by atoms with E-state index in [1.807, 2.05) is 0 Å². The molecule has 1 unspecified atom stereocenters. The molecule has 1 amide bonds. The summed E-state index contributed by atoms with van der Waals surface area (Å²) in [4.78, 5) is 18.2. The first kappa shape index (κ1) is 21.9. The maximum absolute atomic E-state index is 14.3. The number of pyridine rings is 1. The van der Waals surface area contributed by atoms with E-state index in [0.717, 1.165) is 17.7 Å². The van der Waals surface area contributed by atoms with E-state index in [1.54, 1.807) is 12.3 Å². The molecule has 3 heterocycles. The highest BCUT2D eigenvalue weighted by Crippen LogP contribution is 2.33. The van der Waals surface area contributed by atoms with Gasteiger partial charge in [-0.2, -0.15) is 8.78 Å². The zero-order valence-corrected chi connectivity index (χ0v) is 18.7. The van der Waals surface area contributed by atoms with Crippen LogP contribution in [0.2, 0.25) is 0 Å². The number of ether oxygens (including phenoxy) is 1. The van der Waals surface area contributed by atoms with E-state index in [2.05, 4.69) is 20.9 Å².